The molecule has 0 bridgehead atoms. The first-order valence-corrected chi connectivity index (χ1v) is 10.8. The van der Waals surface area contributed by atoms with E-state index in [2.05, 4.69) is 5.32 Å². The molecule has 0 aliphatic rings. The molecule has 0 aromatic heterocycles. The van der Waals surface area contributed by atoms with Gasteiger partial charge in [0.1, 0.15) is 10.6 Å². The summed E-state index contributed by atoms with van der Waals surface area (Å²) in [5.41, 5.74) is 0.742. The lowest BCUT2D eigenvalue weighted by molar-refractivity contribution is -0.384. The molecule has 1 N–H and O–H groups in total. The van der Waals surface area contributed by atoms with Crippen LogP contribution in [-0.4, -0.2) is 25.0 Å². The van der Waals surface area contributed by atoms with E-state index in [9.17, 15) is 28.1 Å². The average Bonchev–Trinajstić information content (AvgIpc) is 2.78. The van der Waals surface area contributed by atoms with E-state index in [0.29, 0.717) is 17.7 Å². The fourth-order valence-corrected chi connectivity index (χ4v) is 3.69. The van der Waals surface area contributed by atoms with Gasteiger partial charge in [-0.1, -0.05) is 25.1 Å². The minimum atomic E-state index is -4.24. The molecular weight excluding hydrogens is 436 g/mol. The van der Waals surface area contributed by atoms with E-state index in [1.165, 1.54) is 48.5 Å². The molecule has 32 heavy (non-hydrogen) atoms. The molecule has 0 fully saturated rings. The number of nitrogens with one attached hydrogen (secondary N) is 1. The fraction of sp³-hybridized carbons (Fsp3) is 0.0909. The Kier molecular flexibility index (Phi) is 6.64. The molecule has 0 radical (unpaired) electrons. The van der Waals surface area contributed by atoms with Crippen molar-refractivity contribution in [2.75, 3.05) is 5.32 Å². The average molecular weight is 454 g/mol. The summed E-state index contributed by atoms with van der Waals surface area (Å²) in [5.74, 6) is -0.741. The maximum absolute atomic E-state index is 12.5. The van der Waals surface area contributed by atoms with Gasteiger partial charge in [0.2, 0.25) is 0 Å². The highest BCUT2D eigenvalue weighted by atomic mass is 32.2. The molecule has 0 unspecified atom stereocenters. The minimum Gasteiger partial charge on any atom is -0.379 e. The third-order valence-electron chi connectivity index (χ3n) is 4.40. The molecule has 3 aromatic rings. The van der Waals surface area contributed by atoms with Gasteiger partial charge in [0.15, 0.2) is 5.78 Å². The molecule has 0 aliphatic carbocycles. The van der Waals surface area contributed by atoms with Gasteiger partial charge in [0.05, 0.1) is 11.0 Å². The van der Waals surface area contributed by atoms with Crippen LogP contribution in [0.15, 0.2) is 77.7 Å². The molecule has 0 saturated carbocycles. The van der Waals surface area contributed by atoms with Crippen molar-refractivity contribution in [3.05, 3.63) is 94.0 Å². The zero-order chi connectivity index (χ0) is 23.3. The van der Waals surface area contributed by atoms with Crippen LogP contribution in [0.1, 0.15) is 34.1 Å². The van der Waals surface area contributed by atoms with Gasteiger partial charge in [-0.25, -0.2) is 0 Å². The molecule has 0 atom stereocenters. The van der Waals surface area contributed by atoms with Crippen molar-refractivity contribution in [3.8, 4) is 5.75 Å². The van der Waals surface area contributed by atoms with Crippen molar-refractivity contribution < 1.29 is 27.1 Å². The Morgan fingerprint density at radius 1 is 0.969 bits per heavy atom. The van der Waals surface area contributed by atoms with Crippen LogP contribution in [0.5, 0.6) is 5.75 Å². The van der Waals surface area contributed by atoms with E-state index in [1.807, 2.05) is 0 Å². The molecule has 10 heteroatoms. The summed E-state index contributed by atoms with van der Waals surface area (Å²) in [4.78, 5) is 34.3. The lowest BCUT2D eigenvalue weighted by Gasteiger charge is -2.09. The Bertz CT molecular complexity index is 1290. The molecule has 1 amide bonds. The van der Waals surface area contributed by atoms with Crippen LogP contribution in [0, 0.1) is 10.1 Å². The lowest BCUT2D eigenvalue weighted by atomic mass is 10.1. The fourth-order valence-electron chi connectivity index (χ4n) is 2.77. The van der Waals surface area contributed by atoms with E-state index in [1.54, 1.807) is 25.1 Å². The second-order valence-corrected chi connectivity index (χ2v) is 8.17. The van der Waals surface area contributed by atoms with Crippen LogP contribution in [0.4, 0.5) is 11.4 Å². The number of amides is 1. The molecule has 0 saturated heterocycles. The second-order valence-electron chi connectivity index (χ2n) is 6.63. The van der Waals surface area contributed by atoms with Gasteiger partial charge < -0.3 is 9.50 Å². The van der Waals surface area contributed by atoms with Gasteiger partial charge in [-0.15, -0.1) is 0 Å². The van der Waals surface area contributed by atoms with Crippen LogP contribution < -0.4 is 9.50 Å². The zero-order valence-corrected chi connectivity index (χ0v) is 17.7. The molecule has 0 aliphatic heterocycles. The summed E-state index contributed by atoms with van der Waals surface area (Å²) < 4.78 is 29.9. The van der Waals surface area contributed by atoms with Crippen LogP contribution in [0.3, 0.4) is 0 Å². The number of nitro groups is 1. The number of nitro benzene ring substituents is 1. The van der Waals surface area contributed by atoms with Gasteiger partial charge >= 0.3 is 10.1 Å². The summed E-state index contributed by atoms with van der Waals surface area (Å²) in [6, 6.07) is 16.3. The molecule has 0 heterocycles. The summed E-state index contributed by atoms with van der Waals surface area (Å²) >= 11 is 0. The topological polar surface area (TPSA) is 133 Å². The third kappa shape index (κ3) is 5.35. The smallest absolute Gasteiger partial charge is 0.339 e. The standard InChI is InChI=1S/C22H18N2O7S/c1-2-21(25)15-5-3-6-16(13-15)22(26)23-17-9-11-20(12-10-17)32(29,30)31-19-8-4-7-18(14-19)24(27)28/h3-14H,2H2,1H3,(H,23,26). The van der Waals surface area contributed by atoms with Crippen molar-refractivity contribution in [1.29, 1.82) is 0 Å². The zero-order valence-electron chi connectivity index (χ0n) is 16.8. The van der Waals surface area contributed by atoms with Gasteiger partial charge in [0, 0.05) is 29.3 Å². The lowest BCUT2D eigenvalue weighted by Crippen LogP contribution is -2.13. The molecule has 3 rings (SSSR count). The minimum absolute atomic E-state index is 0.0852. The van der Waals surface area contributed by atoms with E-state index >= 15 is 0 Å². The summed E-state index contributed by atoms with van der Waals surface area (Å²) in [5, 5.41) is 13.5. The van der Waals surface area contributed by atoms with Crippen molar-refractivity contribution in [1.82, 2.24) is 0 Å². The van der Waals surface area contributed by atoms with Crippen LogP contribution >= 0.6 is 0 Å². The summed E-state index contributed by atoms with van der Waals surface area (Å²) in [6.45, 7) is 1.73. The Morgan fingerprint density at radius 3 is 2.28 bits per heavy atom. The van der Waals surface area contributed by atoms with Crippen molar-refractivity contribution in [2.45, 2.75) is 18.2 Å². The van der Waals surface area contributed by atoms with Crippen LogP contribution in [-0.2, 0) is 10.1 Å². The number of hydrogen-bond donors (Lipinski definition) is 1. The normalized spacial score (nSPS) is 10.9. The Labute approximate surface area is 183 Å². The van der Waals surface area contributed by atoms with E-state index in [-0.39, 0.29) is 27.7 Å². The number of anilines is 1. The first kappa shape index (κ1) is 22.6. The number of nitrogens with zero attached hydrogens (tertiary/aromatic N) is 1. The predicted molar refractivity (Wildman–Crippen MR) is 116 cm³/mol. The summed E-state index contributed by atoms with van der Waals surface area (Å²) in [6.07, 6.45) is 0.319. The largest absolute Gasteiger partial charge is 0.379 e. The van der Waals surface area contributed by atoms with Gasteiger partial charge in [0.25, 0.3) is 11.6 Å². The Balaban J connectivity index is 1.73. The number of hydrogen-bond acceptors (Lipinski definition) is 7. The first-order valence-electron chi connectivity index (χ1n) is 9.43. The highest BCUT2D eigenvalue weighted by Gasteiger charge is 2.18. The molecule has 164 valence electrons. The molecule has 3 aromatic carbocycles. The van der Waals surface area contributed by atoms with Gasteiger partial charge in [-0.2, -0.15) is 8.42 Å². The van der Waals surface area contributed by atoms with Crippen molar-refractivity contribution in [3.63, 3.8) is 0 Å². The highest BCUT2D eigenvalue weighted by molar-refractivity contribution is 7.87. The van der Waals surface area contributed by atoms with Crippen molar-refractivity contribution >= 4 is 33.2 Å². The number of ketones is 1. The number of carbonyl (C=O) groups is 2. The summed E-state index contributed by atoms with van der Waals surface area (Å²) in [7, 11) is -4.24. The number of Topliss-reactive ketones (excluding diaryl/α,β-unsaturated/α-hetero) is 1. The van der Waals surface area contributed by atoms with Gasteiger partial charge in [-0.3, -0.25) is 19.7 Å². The predicted octanol–water partition coefficient (Wildman–Crippen LogP) is 4.21. The number of non-ortho nitro benzene ring substituents is 1. The van der Waals surface area contributed by atoms with E-state index in [0.717, 1.165) is 6.07 Å². The number of benzene rings is 3. The quantitative estimate of drug-likeness (QED) is 0.233. The second kappa shape index (κ2) is 9.40. The monoisotopic (exact) mass is 454 g/mol. The molecule has 9 nitrogen and oxygen atoms in total. The first-order chi connectivity index (χ1) is 15.2. The number of rotatable bonds is 8. The van der Waals surface area contributed by atoms with E-state index < -0.39 is 20.9 Å². The third-order valence-corrected chi connectivity index (χ3v) is 5.66. The highest BCUT2D eigenvalue weighted by Crippen LogP contribution is 2.24. The molecule has 0 spiro atoms. The number of carbonyl (C=O) groups excluding carboxylic acids is 2. The Morgan fingerprint density at radius 2 is 1.62 bits per heavy atom. The maximum Gasteiger partial charge on any atom is 0.339 e. The maximum atomic E-state index is 12.5. The van der Waals surface area contributed by atoms with Crippen LogP contribution in [0.2, 0.25) is 0 Å². The van der Waals surface area contributed by atoms with Crippen molar-refractivity contribution in [2.24, 2.45) is 0 Å². The van der Waals surface area contributed by atoms with Gasteiger partial charge in [-0.05, 0) is 42.5 Å². The molecular formula is C22H18N2O7S. The Hall–Kier alpha value is -4.05. The van der Waals surface area contributed by atoms with E-state index in [4.69, 9.17) is 4.18 Å². The SMILES string of the molecule is CCC(=O)c1cccc(C(=O)Nc2ccc(S(=O)(=O)Oc3cccc([N+](=O)[O-])c3)cc2)c1. The van der Waals surface area contributed by atoms with Crippen LogP contribution in [0.25, 0.3) is 0 Å².